The lowest BCUT2D eigenvalue weighted by Crippen LogP contribution is -2.41. The molecule has 0 aromatic carbocycles. The van der Waals surface area contributed by atoms with E-state index in [9.17, 15) is 4.79 Å². The number of hydrogen-bond acceptors (Lipinski definition) is 1. The highest BCUT2D eigenvalue weighted by Crippen LogP contribution is 2.37. The smallest absolute Gasteiger partial charge is 0.226 e. The molecule has 3 heteroatoms. The van der Waals surface area contributed by atoms with Crippen LogP contribution in [0.1, 0.15) is 41.0 Å². The zero-order valence-electron chi connectivity index (χ0n) is 11.2. The van der Waals surface area contributed by atoms with Gasteiger partial charge in [0.1, 0.15) is 0 Å². The van der Waals surface area contributed by atoms with Crippen molar-refractivity contribution in [2.75, 3.05) is 14.1 Å². The highest BCUT2D eigenvalue weighted by molar-refractivity contribution is 7.19. The number of nitrogens with zero attached hydrogens (tertiary/aromatic N) is 1. The summed E-state index contributed by atoms with van der Waals surface area (Å²) in [5.41, 5.74) is 0.185. The normalized spacial score (nSPS) is 14.9. The average molecular weight is 231 g/mol. The molecular formula is C12H26NOP. The molecule has 0 N–H and O–H groups in total. The van der Waals surface area contributed by atoms with Crippen LogP contribution >= 0.6 is 9.24 Å². The second-order valence-corrected chi connectivity index (χ2v) is 7.86. The van der Waals surface area contributed by atoms with Crippen molar-refractivity contribution in [3.8, 4) is 0 Å². The Balaban J connectivity index is 4.84. The Morgan fingerprint density at radius 1 is 1.20 bits per heavy atom. The first kappa shape index (κ1) is 14.9. The van der Waals surface area contributed by atoms with Crippen LogP contribution in [0, 0.1) is 11.3 Å². The Labute approximate surface area is 97.0 Å². The summed E-state index contributed by atoms with van der Waals surface area (Å²) < 4.78 is 0. The zero-order chi connectivity index (χ0) is 12.4. The van der Waals surface area contributed by atoms with Gasteiger partial charge in [0.2, 0.25) is 5.91 Å². The minimum absolute atomic E-state index is 0.0470. The molecule has 0 radical (unpaired) electrons. The molecule has 90 valence electrons. The van der Waals surface area contributed by atoms with Crippen LogP contribution in [0.5, 0.6) is 0 Å². The van der Waals surface area contributed by atoms with Gasteiger partial charge in [-0.15, -0.1) is 9.24 Å². The highest BCUT2D eigenvalue weighted by atomic mass is 31.0. The fourth-order valence-corrected chi connectivity index (χ4v) is 1.85. The van der Waals surface area contributed by atoms with Gasteiger partial charge < -0.3 is 4.90 Å². The lowest BCUT2D eigenvalue weighted by Gasteiger charge is -2.35. The van der Waals surface area contributed by atoms with E-state index in [4.69, 9.17) is 0 Å². The van der Waals surface area contributed by atoms with Crippen molar-refractivity contribution >= 4 is 15.1 Å². The largest absolute Gasteiger partial charge is 0.349 e. The second kappa shape index (κ2) is 4.82. The molecule has 2 nitrogen and oxygen atoms in total. The van der Waals surface area contributed by atoms with Gasteiger partial charge in [-0.1, -0.05) is 34.6 Å². The van der Waals surface area contributed by atoms with Crippen molar-refractivity contribution in [2.24, 2.45) is 11.3 Å². The van der Waals surface area contributed by atoms with E-state index in [0.29, 0.717) is 0 Å². The number of carbonyl (C=O) groups is 1. The first-order valence-corrected chi connectivity index (χ1v) is 6.03. The van der Waals surface area contributed by atoms with Crippen LogP contribution in [0.3, 0.4) is 0 Å². The van der Waals surface area contributed by atoms with E-state index in [-0.39, 0.29) is 22.4 Å². The quantitative estimate of drug-likeness (QED) is 0.684. The van der Waals surface area contributed by atoms with Gasteiger partial charge in [0.15, 0.2) is 0 Å². The second-order valence-electron chi connectivity index (χ2n) is 6.37. The SMILES string of the molecule is CN(C)C(=O)C(CC(C)(C)C)C(C)(C)P. The topological polar surface area (TPSA) is 20.3 Å². The molecule has 2 atom stereocenters. The lowest BCUT2D eigenvalue weighted by molar-refractivity contribution is -0.134. The Morgan fingerprint density at radius 2 is 1.60 bits per heavy atom. The minimum Gasteiger partial charge on any atom is -0.349 e. The fraction of sp³-hybridized carbons (Fsp3) is 0.917. The van der Waals surface area contributed by atoms with Crippen LogP contribution in [0.15, 0.2) is 0 Å². The summed E-state index contributed by atoms with van der Waals surface area (Å²) in [6.07, 6.45) is 0.917. The van der Waals surface area contributed by atoms with Gasteiger partial charge in [-0.25, -0.2) is 0 Å². The summed E-state index contributed by atoms with van der Waals surface area (Å²) >= 11 is 0. The van der Waals surface area contributed by atoms with E-state index in [1.54, 1.807) is 4.90 Å². The lowest BCUT2D eigenvalue weighted by atomic mass is 9.78. The van der Waals surface area contributed by atoms with Gasteiger partial charge in [-0.2, -0.15) is 0 Å². The molecule has 0 heterocycles. The van der Waals surface area contributed by atoms with Crippen molar-refractivity contribution in [1.82, 2.24) is 4.90 Å². The molecule has 15 heavy (non-hydrogen) atoms. The molecule has 0 aliphatic heterocycles. The molecule has 2 unspecified atom stereocenters. The summed E-state index contributed by atoms with van der Waals surface area (Å²) in [6, 6.07) is 0. The molecule has 0 spiro atoms. The van der Waals surface area contributed by atoms with E-state index < -0.39 is 0 Å². The molecular weight excluding hydrogens is 205 g/mol. The number of carbonyl (C=O) groups excluding carboxylic acids is 1. The fourth-order valence-electron chi connectivity index (χ4n) is 1.59. The first-order valence-electron chi connectivity index (χ1n) is 5.45. The average Bonchev–Trinajstić information content (AvgIpc) is 1.94. The standard InChI is InChI=1S/C12H26NOP/c1-11(2,3)8-9(12(4,5)15)10(14)13(6)7/h9H,8,15H2,1-7H3. The van der Waals surface area contributed by atoms with Crippen molar-refractivity contribution in [3.63, 3.8) is 0 Å². The summed E-state index contributed by atoms with van der Waals surface area (Å²) in [6.45, 7) is 10.8. The zero-order valence-corrected chi connectivity index (χ0v) is 12.4. The molecule has 0 aromatic rings. The third-order valence-electron chi connectivity index (χ3n) is 2.45. The summed E-state index contributed by atoms with van der Waals surface area (Å²) in [7, 11) is 6.45. The molecule has 0 aliphatic carbocycles. The van der Waals surface area contributed by atoms with Crippen LogP contribution in [-0.4, -0.2) is 30.1 Å². The van der Waals surface area contributed by atoms with Gasteiger partial charge in [-0.05, 0) is 17.0 Å². The number of rotatable bonds is 3. The van der Waals surface area contributed by atoms with Gasteiger partial charge in [0, 0.05) is 20.0 Å². The van der Waals surface area contributed by atoms with E-state index in [0.717, 1.165) is 6.42 Å². The van der Waals surface area contributed by atoms with Crippen molar-refractivity contribution in [3.05, 3.63) is 0 Å². The maximum atomic E-state index is 12.1. The van der Waals surface area contributed by atoms with Gasteiger partial charge in [0.25, 0.3) is 0 Å². The van der Waals surface area contributed by atoms with E-state index in [1.165, 1.54) is 0 Å². The van der Waals surface area contributed by atoms with Crippen molar-refractivity contribution in [1.29, 1.82) is 0 Å². The highest BCUT2D eigenvalue weighted by Gasteiger charge is 2.35. The Hall–Kier alpha value is -0.100. The van der Waals surface area contributed by atoms with E-state index in [1.807, 2.05) is 14.1 Å². The van der Waals surface area contributed by atoms with Crippen molar-refractivity contribution < 1.29 is 4.79 Å². The Bertz CT molecular complexity index is 223. The van der Waals surface area contributed by atoms with Crippen LogP contribution in [0.4, 0.5) is 0 Å². The molecule has 0 saturated carbocycles. The van der Waals surface area contributed by atoms with Crippen LogP contribution in [-0.2, 0) is 4.79 Å². The van der Waals surface area contributed by atoms with Crippen molar-refractivity contribution in [2.45, 2.75) is 46.2 Å². The van der Waals surface area contributed by atoms with E-state index >= 15 is 0 Å². The third-order valence-corrected chi connectivity index (χ3v) is 2.86. The molecule has 0 fully saturated rings. The Kier molecular flexibility index (Phi) is 4.79. The molecule has 1 amide bonds. The first-order chi connectivity index (χ1) is 6.45. The van der Waals surface area contributed by atoms with Gasteiger partial charge in [-0.3, -0.25) is 4.79 Å². The summed E-state index contributed by atoms with van der Waals surface area (Å²) in [5.74, 6) is 0.294. The molecule has 0 aliphatic rings. The summed E-state index contributed by atoms with van der Waals surface area (Å²) in [5, 5.41) is -0.0470. The van der Waals surface area contributed by atoms with E-state index in [2.05, 4.69) is 43.9 Å². The third kappa shape index (κ3) is 5.51. The van der Waals surface area contributed by atoms with Crippen LogP contribution < -0.4 is 0 Å². The minimum atomic E-state index is -0.0470. The van der Waals surface area contributed by atoms with Gasteiger partial charge in [0.05, 0.1) is 0 Å². The monoisotopic (exact) mass is 231 g/mol. The number of hydrogen-bond donors (Lipinski definition) is 0. The molecule has 0 bridgehead atoms. The molecule has 0 aromatic heterocycles. The molecule has 0 rings (SSSR count). The maximum Gasteiger partial charge on any atom is 0.226 e. The van der Waals surface area contributed by atoms with Crippen LogP contribution in [0.2, 0.25) is 0 Å². The Morgan fingerprint density at radius 3 is 1.80 bits per heavy atom. The van der Waals surface area contributed by atoms with Gasteiger partial charge >= 0.3 is 0 Å². The number of amides is 1. The molecule has 0 saturated heterocycles. The summed E-state index contributed by atoms with van der Waals surface area (Å²) in [4.78, 5) is 13.8. The maximum absolute atomic E-state index is 12.1. The predicted molar refractivity (Wildman–Crippen MR) is 70.0 cm³/mol. The predicted octanol–water partition coefficient (Wildman–Crippen LogP) is 2.78. The van der Waals surface area contributed by atoms with Crippen LogP contribution in [0.25, 0.3) is 0 Å².